The summed E-state index contributed by atoms with van der Waals surface area (Å²) < 4.78 is 6.43. The molecular weight excluding hydrogens is 408 g/mol. The Morgan fingerprint density at radius 2 is 1.89 bits per heavy atom. The Morgan fingerprint density at radius 1 is 1.15 bits per heavy atom. The van der Waals surface area contributed by atoms with Gasteiger partial charge in [-0.15, -0.1) is 0 Å². The zero-order chi connectivity index (χ0) is 19.2. The number of hydrogen-bond acceptors (Lipinski definition) is 3. The van der Waals surface area contributed by atoms with Crippen LogP contribution >= 0.6 is 15.9 Å². The van der Waals surface area contributed by atoms with Gasteiger partial charge in [0.25, 0.3) is 11.8 Å². The second kappa shape index (κ2) is 9.04. The van der Waals surface area contributed by atoms with Gasteiger partial charge in [0.05, 0.1) is 15.7 Å². The number of amides is 2. The number of hydrogen-bond donors (Lipinski definition) is 1. The largest absolute Gasteiger partial charge is 0.483 e. The van der Waals surface area contributed by atoms with E-state index in [0.29, 0.717) is 17.0 Å². The second-order valence-corrected chi connectivity index (χ2v) is 7.35. The molecule has 142 valence electrons. The summed E-state index contributed by atoms with van der Waals surface area (Å²) in [7, 11) is 0. The van der Waals surface area contributed by atoms with E-state index < -0.39 is 0 Å². The van der Waals surface area contributed by atoms with Crippen LogP contribution in [0.1, 0.15) is 35.7 Å². The number of aryl methyl sites for hydroxylation is 1. The van der Waals surface area contributed by atoms with Crippen molar-refractivity contribution in [2.45, 2.75) is 26.2 Å². The van der Waals surface area contributed by atoms with Crippen LogP contribution in [0.25, 0.3) is 0 Å². The molecule has 6 heteroatoms. The van der Waals surface area contributed by atoms with Gasteiger partial charge >= 0.3 is 0 Å². The molecule has 2 aromatic carbocycles. The van der Waals surface area contributed by atoms with E-state index in [0.717, 1.165) is 36.8 Å². The van der Waals surface area contributed by atoms with Gasteiger partial charge in [-0.1, -0.05) is 25.1 Å². The van der Waals surface area contributed by atoms with Crippen molar-refractivity contribution in [3.8, 4) is 5.75 Å². The number of carbonyl (C=O) groups excluding carboxylic acids is 2. The lowest BCUT2D eigenvalue weighted by Gasteiger charge is -2.18. The zero-order valence-corrected chi connectivity index (χ0v) is 16.9. The highest BCUT2D eigenvalue weighted by atomic mass is 79.9. The first-order valence-corrected chi connectivity index (χ1v) is 9.97. The molecule has 1 fully saturated rings. The lowest BCUT2D eigenvalue weighted by atomic mass is 10.1. The van der Waals surface area contributed by atoms with E-state index in [-0.39, 0.29) is 18.4 Å². The number of nitrogens with zero attached hydrogens (tertiary/aromatic N) is 1. The number of carbonyl (C=O) groups is 2. The molecular formula is C21H23BrN2O3. The van der Waals surface area contributed by atoms with Gasteiger partial charge in [-0.05, 0) is 65.0 Å². The van der Waals surface area contributed by atoms with Crippen LogP contribution < -0.4 is 10.1 Å². The van der Waals surface area contributed by atoms with Crippen LogP contribution in [0.5, 0.6) is 5.75 Å². The van der Waals surface area contributed by atoms with E-state index in [1.54, 1.807) is 18.2 Å². The summed E-state index contributed by atoms with van der Waals surface area (Å²) in [5.41, 5.74) is 2.22. The fraction of sp³-hybridized carbons (Fsp3) is 0.333. The first-order chi connectivity index (χ1) is 13.1. The van der Waals surface area contributed by atoms with E-state index in [1.165, 1.54) is 5.56 Å². The number of para-hydroxylation sites is 1. The maximum atomic E-state index is 12.7. The van der Waals surface area contributed by atoms with Gasteiger partial charge in [0, 0.05) is 13.1 Å². The highest BCUT2D eigenvalue weighted by Gasteiger charge is 2.22. The van der Waals surface area contributed by atoms with Crippen LogP contribution in [0.15, 0.2) is 46.9 Å². The summed E-state index contributed by atoms with van der Waals surface area (Å²) >= 11 is 3.47. The Hall–Kier alpha value is -2.34. The number of likely N-dealkylation sites (tertiary alicyclic amines) is 1. The molecule has 2 aromatic rings. The molecule has 1 saturated heterocycles. The molecule has 2 amide bonds. The van der Waals surface area contributed by atoms with Gasteiger partial charge in [-0.25, -0.2) is 0 Å². The van der Waals surface area contributed by atoms with Gasteiger partial charge in [-0.2, -0.15) is 0 Å². The quantitative estimate of drug-likeness (QED) is 0.744. The minimum absolute atomic E-state index is 0.0396. The van der Waals surface area contributed by atoms with Gasteiger partial charge in [0.2, 0.25) is 0 Å². The van der Waals surface area contributed by atoms with Crippen molar-refractivity contribution in [3.63, 3.8) is 0 Å². The molecule has 3 rings (SSSR count). The lowest BCUT2D eigenvalue weighted by Crippen LogP contribution is -2.29. The van der Waals surface area contributed by atoms with E-state index in [2.05, 4.69) is 28.2 Å². The first kappa shape index (κ1) is 19.4. The number of nitrogens with one attached hydrogen (secondary N) is 1. The number of benzene rings is 2. The van der Waals surface area contributed by atoms with Crippen molar-refractivity contribution in [3.05, 3.63) is 58.1 Å². The van der Waals surface area contributed by atoms with E-state index in [9.17, 15) is 9.59 Å². The van der Waals surface area contributed by atoms with Crippen molar-refractivity contribution in [1.82, 2.24) is 4.90 Å². The molecule has 0 unspecified atom stereocenters. The molecule has 1 heterocycles. The Kier molecular flexibility index (Phi) is 6.50. The summed E-state index contributed by atoms with van der Waals surface area (Å²) in [6, 6.07) is 12.9. The van der Waals surface area contributed by atoms with Gasteiger partial charge < -0.3 is 15.0 Å². The summed E-state index contributed by atoms with van der Waals surface area (Å²) in [6.45, 7) is 3.49. The van der Waals surface area contributed by atoms with Gasteiger partial charge in [0.15, 0.2) is 6.61 Å². The molecule has 0 radical (unpaired) electrons. The standard InChI is InChI=1S/C21H23BrN2O3/c1-2-15-9-10-19(17(22)13-15)27-14-20(25)23-18-8-4-3-7-16(18)21(26)24-11-5-6-12-24/h3-4,7-10,13H,2,5-6,11-12,14H2,1H3,(H,23,25). The predicted molar refractivity (Wildman–Crippen MR) is 109 cm³/mol. The third kappa shape index (κ3) is 4.89. The van der Waals surface area contributed by atoms with Crippen LogP contribution in [0, 0.1) is 0 Å². The average Bonchev–Trinajstić information content (AvgIpc) is 3.21. The van der Waals surface area contributed by atoms with Gasteiger partial charge in [0.1, 0.15) is 5.75 Å². The SMILES string of the molecule is CCc1ccc(OCC(=O)Nc2ccccc2C(=O)N2CCCC2)c(Br)c1. The minimum Gasteiger partial charge on any atom is -0.483 e. The molecule has 0 aliphatic carbocycles. The molecule has 0 aromatic heterocycles. The maximum Gasteiger partial charge on any atom is 0.262 e. The molecule has 0 atom stereocenters. The van der Waals surface area contributed by atoms with Crippen molar-refractivity contribution in [2.24, 2.45) is 0 Å². The highest BCUT2D eigenvalue weighted by molar-refractivity contribution is 9.10. The van der Waals surface area contributed by atoms with E-state index in [1.807, 2.05) is 29.2 Å². The average molecular weight is 431 g/mol. The molecule has 1 aliphatic rings. The van der Waals surface area contributed by atoms with E-state index >= 15 is 0 Å². The number of rotatable bonds is 6. The normalized spacial score (nSPS) is 13.5. The number of halogens is 1. The molecule has 1 aliphatic heterocycles. The monoisotopic (exact) mass is 430 g/mol. The Balaban J connectivity index is 1.63. The van der Waals surface area contributed by atoms with Crippen LogP contribution in [0.2, 0.25) is 0 Å². The predicted octanol–water partition coefficient (Wildman–Crippen LogP) is 4.27. The molecule has 0 bridgehead atoms. The highest BCUT2D eigenvalue weighted by Crippen LogP contribution is 2.26. The van der Waals surface area contributed by atoms with E-state index in [4.69, 9.17) is 4.74 Å². The summed E-state index contributed by atoms with van der Waals surface area (Å²) in [5.74, 6) is 0.272. The smallest absolute Gasteiger partial charge is 0.262 e. The van der Waals surface area contributed by atoms with Crippen LogP contribution in [0.4, 0.5) is 5.69 Å². The number of anilines is 1. The molecule has 0 saturated carbocycles. The lowest BCUT2D eigenvalue weighted by molar-refractivity contribution is -0.118. The summed E-state index contributed by atoms with van der Waals surface area (Å²) in [4.78, 5) is 26.8. The molecule has 0 spiro atoms. The Labute approximate surface area is 167 Å². The van der Waals surface area contributed by atoms with Crippen molar-refractivity contribution < 1.29 is 14.3 Å². The van der Waals surface area contributed by atoms with Crippen molar-refractivity contribution in [1.29, 1.82) is 0 Å². The minimum atomic E-state index is -0.303. The topological polar surface area (TPSA) is 58.6 Å². The number of ether oxygens (including phenoxy) is 1. The maximum absolute atomic E-state index is 12.7. The van der Waals surface area contributed by atoms with Crippen LogP contribution in [-0.2, 0) is 11.2 Å². The van der Waals surface area contributed by atoms with Crippen LogP contribution in [-0.4, -0.2) is 36.4 Å². The Morgan fingerprint density at radius 3 is 2.59 bits per heavy atom. The third-order valence-electron chi connectivity index (χ3n) is 4.59. The van der Waals surface area contributed by atoms with Crippen molar-refractivity contribution >= 4 is 33.4 Å². The summed E-state index contributed by atoms with van der Waals surface area (Å²) in [5, 5.41) is 2.80. The molecule has 5 nitrogen and oxygen atoms in total. The molecule has 27 heavy (non-hydrogen) atoms. The molecule has 1 N–H and O–H groups in total. The summed E-state index contributed by atoms with van der Waals surface area (Å²) in [6.07, 6.45) is 2.99. The Bertz CT molecular complexity index is 832. The zero-order valence-electron chi connectivity index (χ0n) is 15.3. The fourth-order valence-corrected chi connectivity index (χ4v) is 3.62. The fourth-order valence-electron chi connectivity index (χ4n) is 3.08. The van der Waals surface area contributed by atoms with Crippen LogP contribution in [0.3, 0.4) is 0 Å². The van der Waals surface area contributed by atoms with Gasteiger partial charge in [-0.3, -0.25) is 9.59 Å². The third-order valence-corrected chi connectivity index (χ3v) is 5.21. The second-order valence-electron chi connectivity index (χ2n) is 6.50. The van der Waals surface area contributed by atoms with Crippen molar-refractivity contribution in [2.75, 3.05) is 25.0 Å². The first-order valence-electron chi connectivity index (χ1n) is 9.18.